The Morgan fingerprint density at radius 2 is 2.04 bits per heavy atom. The van der Waals surface area contributed by atoms with Crippen molar-refractivity contribution in [3.05, 3.63) is 58.1 Å². The van der Waals surface area contributed by atoms with Crippen molar-refractivity contribution in [3.63, 3.8) is 0 Å². The summed E-state index contributed by atoms with van der Waals surface area (Å²) in [6.45, 7) is 1.91. The van der Waals surface area contributed by atoms with Crippen LogP contribution in [0.3, 0.4) is 0 Å². The van der Waals surface area contributed by atoms with E-state index in [1.54, 1.807) is 43.3 Å². The summed E-state index contributed by atoms with van der Waals surface area (Å²) in [5.74, 6) is 1.01. The van der Waals surface area contributed by atoms with E-state index in [0.717, 1.165) is 4.47 Å². The third kappa shape index (κ3) is 3.48. The first-order chi connectivity index (χ1) is 11.0. The van der Waals surface area contributed by atoms with Gasteiger partial charge in [0.1, 0.15) is 5.60 Å². The number of benzene rings is 2. The zero-order valence-corrected chi connectivity index (χ0v) is 14.1. The molecule has 0 aliphatic carbocycles. The Kier molecular flexibility index (Phi) is 4.28. The first-order valence-corrected chi connectivity index (χ1v) is 7.91. The van der Waals surface area contributed by atoms with E-state index in [1.807, 2.05) is 6.07 Å². The van der Waals surface area contributed by atoms with E-state index in [1.165, 1.54) is 0 Å². The smallest absolute Gasteiger partial charge is 0.251 e. The summed E-state index contributed by atoms with van der Waals surface area (Å²) in [6.07, 6.45) is 0. The summed E-state index contributed by atoms with van der Waals surface area (Å²) in [6, 6.07) is 12.3. The standard InChI is InChI=1S/C17H16BrNO4/c1-17(21,12-5-6-14-15(8-12)23-10-22-14)9-19-16(20)11-3-2-4-13(18)7-11/h2-8,21H,9-10H2,1H3,(H,19,20). The Hall–Kier alpha value is -2.05. The van der Waals surface area contributed by atoms with E-state index in [9.17, 15) is 9.90 Å². The van der Waals surface area contributed by atoms with Gasteiger partial charge in [-0.15, -0.1) is 0 Å². The lowest BCUT2D eigenvalue weighted by Crippen LogP contribution is -2.38. The van der Waals surface area contributed by atoms with Crippen LogP contribution < -0.4 is 14.8 Å². The molecule has 1 unspecified atom stereocenters. The zero-order valence-electron chi connectivity index (χ0n) is 12.5. The Morgan fingerprint density at radius 1 is 1.26 bits per heavy atom. The molecule has 0 saturated carbocycles. The minimum Gasteiger partial charge on any atom is -0.454 e. The average molecular weight is 378 g/mol. The molecule has 2 N–H and O–H groups in total. The lowest BCUT2D eigenvalue weighted by atomic mass is 9.95. The molecule has 3 rings (SSSR count). The van der Waals surface area contributed by atoms with E-state index in [0.29, 0.717) is 22.6 Å². The highest BCUT2D eigenvalue weighted by Gasteiger charge is 2.26. The fourth-order valence-corrected chi connectivity index (χ4v) is 2.72. The van der Waals surface area contributed by atoms with Crippen LogP contribution in [0, 0.1) is 0 Å². The molecule has 120 valence electrons. The molecule has 0 bridgehead atoms. The maximum atomic E-state index is 12.2. The molecule has 1 atom stereocenters. The maximum absolute atomic E-state index is 12.2. The molecule has 1 aliphatic rings. The number of amides is 1. The van der Waals surface area contributed by atoms with Crippen LogP contribution in [0.15, 0.2) is 46.9 Å². The number of carbonyl (C=O) groups is 1. The number of rotatable bonds is 4. The number of ether oxygens (including phenoxy) is 2. The van der Waals surface area contributed by atoms with E-state index in [4.69, 9.17) is 9.47 Å². The summed E-state index contributed by atoms with van der Waals surface area (Å²) >= 11 is 3.33. The topological polar surface area (TPSA) is 67.8 Å². The van der Waals surface area contributed by atoms with Crippen LogP contribution in [0.4, 0.5) is 0 Å². The first kappa shape index (κ1) is 15.8. The molecule has 23 heavy (non-hydrogen) atoms. The second-order valence-corrected chi connectivity index (χ2v) is 6.45. The minimum atomic E-state index is -1.22. The third-order valence-electron chi connectivity index (χ3n) is 3.67. The number of aliphatic hydroxyl groups is 1. The van der Waals surface area contributed by atoms with Crippen molar-refractivity contribution in [2.45, 2.75) is 12.5 Å². The molecule has 1 heterocycles. The van der Waals surface area contributed by atoms with Gasteiger partial charge < -0.3 is 19.9 Å². The molecule has 0 fully saturated rings. The Labute approximate surface area is 142 Å². The van der Waals surface area contributed by atoms with Gasteiger partial charge in [-0.2, -0.15) is 0 Å². The van der Waals surface area contributed by atoms with Gasteiger partial charge in [-0.3, -0.25) is 4.79 Å². The van der Waals surface area contributed by atoms with Crippen LogP contribution in [0.25, 0.3) is 0 Å². The van der Waals surface area contributed by atoms with Gasteiger partial charge in [0.05, 0.1) is 6.54 Å². The minimum absolute atomic E-state index is 0.0813. The normalized spacial score (nSPS) is 15.1. The lowest BCUT2D eigenvalue weighted by molar-refractivity contribution is 0.0525. The quantitative estimate of drug-likeness (QED) is 0.859. The van der Waals surface area contributed by atoms with Crippen LogP contribution in [0.2, 0.25) is 0 Å². The molecule has 1 amide bonds. The average Bonchev–Trinajstić information content (AvgIpc) is 3.00. The SMILES string of the molecule is CC(O)(CNC(=O)c1cccc(Br)c1)c1ccc2c(c1)OCO2. The van der Waals surface area contributed by atoms with Crippen molar-refractivity contribution in [3.8, 4) is 11.5 Å². The molecule has 0 spiro atoms. The maximum Gasteiger partial charge on any atom is 0.251 e. The second-order valence-electron chi connectivity index (χ2n) is 5.53. The molecule has 5 nitrogen and oxygen atoms in total. The summed E-state index contributed by atoms with van der Waals surface area (Å²) in [7, 11) is 0. The van der Waals surface area contributed by atoms with E-state index < -0.39 is 5.60 Å². The molecule has 0 radical (unpaired) electrons. The predicted octanol–water partition coefficient (Wildman–Crippen LogP) is 2.82. The van der Waals surface area contributed by atoms with Gasteiger partial charge in [-0.1, -0.05) is 28.1 Å². The summed E-state index contributed by atoms with van der Waals surface area (Å²) in [5.41, 5.74) is -0.0417. The van der Waals surface area contributed by atoms with Crippen LogP contribution in [0.1, 0.15) is 22.8 Å². The van der Waals surface area contributed by atoms with Crippen LogP contribution in [-0.2, 0) is 5.60 Å². The molecule has 0 aromatic heterocycles. The summed E-state index contributed by atoms with van der Waals surface area (Å²) < 4.78 is 11.4. The van der Waals surface area contributed by atoms with E-state index in [-0.39, 0.29) is 19.2 Å². The van der Waals surface area contributed by atoms with E-state index in [2.05, 4.69) is 21.2 Å². The molecular weight excluding hydrogens is 362 g/mol. The summed E-state index contributed by atoms with van der Waals surface area (Å²) in [4.78, 5) is 12.2. The van der Waals surface area contributed by atoms with Gasteiger partial charge in [0.25, 0.3) is 5.91 Å². The fraction of sp³-hybridized carbons (Fsp3) is 0.235. The van der Waals surface area contributed by atoms with Crippen LogP contribution >= 0.6 is 15.9 Å². The van der Waals surface area contributed by atoms with Crippen molar-refractivity contribution in [1.29, 1.82) is 0 Å². The number of nitrogens with one attached hydrogen (secondary N) is 1. The Bertz CT molecular complexity index is 745. The highest BCUT2D eigenvalue weighted by molar-refractivity contribution is 9.10. The zero-order chi connectivity index (χ0) is 16.4. The van der Waals surface area contributed by atoms with Crippen LogP contribution in [-0.4, -0.2) is 24.4 Å². The monoisotopic (exact) mass is 377 g/mol. The largest absolute Gasteiger partial charge is 0.454 e. The Morgan fingerprint density at radius 3 is 2.83 bits per heavy atom. The molecule has 6 heteroatoms. The fourth-order valence-electron chi connectivity index (χ4n) is 2.32. The van der Waals surface area contributed by atoms with Gasteiger partial charge in [-0.05, 0) is 42.8 Å². The van der Waals surface area contributed by atoms with Gasteiger partial charge in [0.2, 0.25) is 6.79 Å². The highest BCUT2D eigenvalue weighted by atomic mass is 79.9. The number of fused-ring (bicyclic) bond motifs is 1. The van der Waals surface area contributed by atoms with E-state index >= 15 is 0 Å². The number of hydrogen-bond donors (Lipinski definition) is 2. The molecular formula is C17H16BrNO4. The lowest BCUT2D eigenvalue weighted by Gasteiger charge is -2.24. The number of halogens is 1. The summed E-state index contributed by atoms with van der Waals surface area (Å²) in [5, 5.41) is 13.4. The third-order valence-corrected chi connectivity index (χ3v) is 4.17. The molecule has 2 aromatic rings. The number of carbonyl (C=O) groups excluding carboxylic acids is 1. The van der Waals surface area contributed by atoms with Crippen molar-refractivity contribution in [2.24, 2.45) is 0 Å². The highest BCUT2D eigenvalue weighted by Crippen LogP contribution is 2.35. The molecule has 1 aliphatic heterocycles. The van der Waals surface area contributed by atoms with Crippen molar-refractivity contribution in [1.82, 2.24) is 5.32 Å². The van der Waals surface area contributed by atoms with Crippen molar-refractivity contribution in [2.75, 3.05) is 13.3 Å². The number of hydrogen-bond acceptors (Lipinski definition) is 4. The second kappa shape index (κ2) is 6.22. The first-order valence-electron chi connectivity index (χ1n) is 7.12. The Balaban J connectivity index is 1.70. The van der Waals surface area contributed by atoms with Gasteiger partial charge in [0.15, 0.2) is 11.5 Å². The van der Waals surface area contributed by atoms with Crippen molar-refractivity contribution < 1.29 is 19.4 Å². The predicted molar refractivity (Wildman–Crippen MR) is 88.6 cm³/mol. The van der Waals surface area contributed by atoms with Gasteiger partial charge in [0, 0.05) is 10.0 Å². The van der Waals surface area contributed by atoms with Gasteiger partial charge >= 0.3 is 0 Å². The molecule has 2 aromatic carbocycles. The molecule has 0 saturated heterocycles. The van der Waals surface area contributed by atoms with Crippen molar-refractivity contribution >= 4 is 21.8 Å². The van der Waals surface area contributed by atoms with Crippen LogP contribution in [0.5, 0.6) is 11.5 Å². The van der Waals surface area contributed by atoms with Gasteiger partial charge in [-0.25, -0.2) is 0 Å².